The Hall–Kier alpha value is -2.17. The van der Waals surface area contributed by atoms with Gasteiger partial charge >= 0.3 is 0 Å². The Kier molecular flexibility index (Phi) is 7.30. The third-order valence-corrected chi connectivity index (χ3v) is 3.39. The van der Waals surface area contributed by atoms with Gasteiger partial charge in [-0.25, -0.2) is 0 Å². The first-order valence-corrected chi connectivity index (χ1v) is 7.86. The van der Waals surface area contributed by atoms with Crippen molar-refractivity contribution in [3.8, 4) is 0 Å². The molecular weight excluding hydrogens is 290 g/mol. The third kappa shape index (κ3) is 5.85. The van der Waals surface area contributed by atoms with Gasteiger partial charge in [-0.1, -0.05) is 48.5 Å². The number of rotatable bonds is 9. The normalized spacial score (nSPS) is 10.5. The number of nitrogens with zero attached hydrogens (tertiary/aromatic N) is 1. The van der Waals surface area contributed by atoms with Crippen molar-refractivity contribution in [2.75, 3.05) is 31.3 Å². The number of benzene rings is 2. The lowest BCUT2D eigenvalue weighted by Crippen LogP contribution is -2.34. The molecule has 0 radical (unpaired) electrons. The molecule has 0 spiro atoms. The fourth-order valence-electron chi connectivity index (χ4n) is 2.23. The minimum atomic E-state index is -0.0400. The Balaban J connectivity index is 1.64. The van der Waals surface area contributed by atoms with Gasteiger partial charge < -0.3 is 14.4 Å². The highest BCUT2D eigenvalue weighted by Gasteiger charge is 2.13. The van der Waals surface area contributed by atoms with Gasteiger partial charge in [-0.15, -0.1) is 0 Å². The van der Waals surface area contributed by atoms with Crippen LogP contribution in [-0.2, 0) is 20.9 Å². The van der Waals surface area contributed by atoms with Crippen molar-refractivity contribution in [3.05, 3.63) is 66.2 Å². The molecule has 2 rings (SSSR count). The largest absolute Gasteiger partial charge is 0.374 e. The van der Waals surface area contributed by atoms with E-state index in [1.165, 1.54) is 0 Å². The highest BCUT2D eigenvalue weighted by Crippen LogP contribution is 2.12. The highest BCUT2D eigenvalue weighted by atomic mass is 16.5. The van der Waals surface area contributed by atoms with Gasteiger partial charge in [-0.05, 0) is 24.6 Å². The maximum Gasteiger partial charge on any atom is 0.252 e. The molecule has 4 nitrogen and oxygen atoms in total. The number of amides is 1. The molecular formula is C19H23NO3. The molecule has 0 aromatic heterocycles. The second-order valence-electron chi connectivity index (χ2n) is 5.06. The zero-order chi connectivity index (χ0) is 16.3. The van der Waals surface area contributed by atoms with Gasteiger partial charge in [0.2, 0.25) is 0 Å². The average molecular weight is 313 g/mol. The molecule has 0 unspecified atom stereocenters. The third-order valence-electron chi connectivity index (χ3n) is 3.39. The predicted octanol–water partition coefficient (Wildman–Crippen LogP) is 3.27. The fourth-order valence-corrected chi connectivity index (χ4v) is 2.23. The summed E-state index contributed by atoms with van der Waals surface area (Å²) in [4.78, 5) is 13.9. The summed E-state index contributed by atoms with van der Waals surface area (Å²) < 4.78 is 10.9. The van der Waals surface area contributed by atoms with Crippen molar-refractivity contribution in [1.82, 2.24) is 0 Å². The predicted molar refractivity (Wildman–Crippen MR) is 91.4 cm³/mol. The molecule has 0 saturated heterocycles. The quantitative estimate of drug-likeness (QED) is 0.667. The second kappa shape index (κ2) is 9.77. The second-order valence-corrected chi connectivity index (χ2v) is 5.06. The lowest BCUT2D eigenvalue weighted by atomic mass is 10.2. The molecule has 2 aromatic carbocycles. The maximum atomic E-state index is 12.2. The summed E-state index contributed by atoms with van der Waals surface area (Å²) in [7, 11) is 0. The number of ether oxygens (including phenoxy) is 2. The first-order valence-electron chi connectivity index (χ1n) is 7.86. The van der Waals surface area contributed by atoms with E-state index in [0.29, 0.717) is 26.4 Å². The van der Waals surface area contributed by atoms with Gasteiger partial charge in [-0.2, -0.15) is 0 Å². The van der Waals surface area contributed by atoms with Crippen LogP contribution in [0.15, 0.2) is 60.7 Å². The van der Waals surface area contributed by atoms with E-state index in [1.54, 1.807) is 4.90 Å². The lowest BCUT2D eigenvalue weighted by molar-refractivity contribution is -0.123. The number of para-hydroxylation sites is 1. The van der Waals surface area contributed by atoms with Crippen molar-refractivity contribution in [3.63, 3.8) is 0 Å². The molecule has 2 aromatic rings. The van der Waals surface area contributed by atoms with E-state index in [2.05, 4.69) is 0 Å². The maximum absolute atomic E-state index is 12.2. The summed E-state index contributed by atoms with van der Waals surface area (Å²) >= 11 is 0. The molecule has 0 aliphatic heterocycles. The summed E-state index contributed by atoms with van der Waals surface area (Å²) in [5.41, 5.74) is 2.02. The van der Waals surface area contributed by atoms with Crippen molar-refractivity contribution in [2.24, 2.45) is 0 Å². The Bertz CT molecular complexity index is 572. The SMILES string of the molecule is CCN(C(=O)COCCOCc1ccccc1)c1ccccc1. The Morgan fingerprint density at radius 1 is 0.913 bits per heavy atom. The van der Waals surface area contributed by atoms with E-state index in [-0.39, 0.29) is 12.5 Å². The molecule has 23 heavy (non-hydrogen) atoms. The van der Waals surface area contributed by atoms with Gasteiger partial charge in [0.1, 0.15) is 6.61 Å². The van der Waals surface area contributed by atoms with E-state index in [0.717, 1.165) is 11.3 Å². The molecule has 0 heterocycles. The zero-order valence-corrected chi connectivity index (χ0v) is 13.5. The summed E-state index contributed by atoms with van der Waals surface area (Å²) in [6.07, 6.45) is 0. The van der Waals surface area contributed by atoms with E-state index >= 15 is 0 Å². The molecule has 0 aliphatic carbocycles. The Morgan fingerprint density at radius 2 is 1.52 bits per heavy atom. The number of hydrogen-bond donors (Lipinski definition) is 0. The van der Waals surface area contributed by atoms with Crippen molar-refractivity contribution in [1.29, 1.82) is 0 Å². The lowest BCUT2D eigenvalue weighted by Gasteiger charge is -2.20. The standard InChI is InChI=1S/C19H23NO3/c1-2-20(18-11-7-4-8-12-18)19(21)16-23-14-13-22-15-17-9-5-3-6-10-17/h3-12H,2,13-16H2,1H3. The monoisotopic (exact) mass is 313 g/mol. The highest BCUT2D eigenvalue weighted by molar-refractivity contribution is 5.94. The molecule has 0 N–H and O–H groups in total. The molecule has 4 heteroatoms. The van der Waals surface area contributed by atoms with Crippen LogP contribution >= 0.6 is 0 Å². The minimum Gasteiger partial charge on any atom is -0.374 e. The van der Waals surface area contributed by atoms with Crippen LogP contribution in [0.2, 0.25) is 0 Å². The average Bonchev–Trinajstić information content (AvgIpc) is 2.60. The van der Waals surface area contributed by atoms with Crippen molar-refractivity contribution >= 4 is 11.6 Å². The van der Waals surface area contributed by atoms with Crippen LogP contribution in [-0.4, -0.2) is 32.3 Å². The number of carbonyl (C=O) groups is 1. The van der Waals surface area contributed by atoms with Gasteiger partial charge in [0.05, 0.1) is 19.8 Å². The number of hydrogen-bond acceptors (Lipinski definition) is 3. The zero-order valence-electron chi connectivity index (χ0n) is 13.5. The Labute approximate surface area is 137 Å². The fraction of sp³-hybridized carbons (Fsp3) is 0.316. The van der Waals surface area contributed by atoms with E-state index in [1.807, 2.05) is 67.6 Å². The van der Waals surface area contributed by atoms with E-state index in [9.17, 15) is 4.79 Å². The molecule has 0 aliphatic rings. The van der Waals surface area contributed by atoms with Crippen LogP contribution in [0.25, 0.3) is 0 Å². The van der Waals surface area contributed by atoms with E-state index in [4.69, 9.17) is 9.47 Å². The first kappa shape index (κ1) is 17.2. The molecule has 0 saturated carbocycles. The van der Waals surface area contributed by atoms with Crippen molar-refractivity contribution in [2.45, 2.75) is 13.5 Å². The van der Waals surface area contributed by atoms with Gasteiger partial charge in [0, 0.05) is 12.2 Å². The van der Waals surface area contributed by atoms with Gasteiger partial charge in [0.15, 0.2) is 0 Å². The van der Waals surface area contributed by atoms with E-state index < -0.39 is 0 Å². The van der Waals surface area contributed by atoms with Crippen LogP contribution in [0.3, 0.4) is 0 Å². The molecule has 0 atom stereocenters. The van der Waals surface area contributed by atoms with Crippen LogP contribution in [0, 0.1) is 0 Å². The van der Waals surface area contributed by atoms with Gasteiger partial charge in [-0.3, -0.25) is 4.79 Å². The molecule has 122 valence electrons. The first-order chi connectivity index (χ1) is 11.3. The van der Waals surface area contributed by atoms with Crippen LogP contribution in [0.5, 0.6) is 0 Å². The number of carbonyl (C=O) groups excluding carboxylic acids is 1. The van der Waals surface area contributed by atoms with Crippen LogP contribution < -0.4 is 4.90 Å². The topological polar surface area (TPSA) is 38.8 Å². The van der Waals surface area contributed by atoms with Crippen LogP contribution in [0.4, 0.5) is 5.69 Å². The van der Waals surface area contributed by atoms with Crippen LogP contribution in [0.1, 0.15) is 12.5 Å². The summed E-state index contributed by atoms with van der Waals surface area (Å²) in [5.74, 6) is -0.0400. The summed E-state index contributed by atoms with van der Waals surface area (Å²) in [6, 6.07) is 19.6. The number of likely N-dealkylation sites (N-methyl/N-ethyl adjacent to an activating group) is 1. The number of anilines is 1. The molecule has 1 amide bonds. The summed E-state index contributed by atoms with van der Waals surface area (Å²) in [6.45, 7) is 4.08. The Morgan fingerprint density at radius 3 is 2.17 bits per heavy atom. The minimum absolute atomic E-state index is 0.0400. The van der Waals surface area contributed by atoms with Crippen molar-refractivity contribution < 1.29 is 14.3 Å². The summed E-state index contributed by atoms with van der Waals surface area (Å²) in [5, 5.41) is 0. The van der Waals surface area contributed by atoms with Gasteiger partial charge in [0.25, 0.3) is 5.91 Å². The smallest absolute Gasteiger partial charge is 0.252 e. The molecule has 0 bridgehead atoms. The molecule has 0 fully saturated rings.